The van der Waals surface area contributed by atoms with Crippen molar-refractivity contribution < 1.29 is 4.79 Å². The fourth-order valence-corrected chi connectivity index (χ4v) is 2.44. The summed E-state index contributed by atoms with van der Waals surface area (Å²) in [6.07, 6.45) is 5.01. The molecule has 0 aromatic carbocycles. The van der Waals surface area contributed by atoms with Crippen LogP contribution in [0.25, 0.3) is 0 Å². The van der Waals surface area contributed by atoms with Crippen molar-refractivity contribution in [2.75, 3.05) is 18.0 Å². The molecule has 20 heavy (non-hydrogen) atoms. The first kappa shape index (κ1) is 14.6. The summed E-state index contributed by atoms with van der Waals surface area (Å²) in [6.45, 7) is 3.68. The highest BCUT2D eigenvalue weighted by molar-refractivity contribution is 5.76. The van der Waals surface area contributed by atoms with Crippen molar-refractivity contribution in [2.24, 2.45) is 7.05 Å². The lowest BCUT2D eigenvalue weighted by Gasteiger charge is -2.33. The SMILES string of the molecule is CCCC(=O)NC1CCN(c2cnn(C)c(=O)c2)CC1. The molecule has 0 radical (unpaired) electrons. The maximum Gasteiger partial charge on any atom is 0.268 e. The molecule has 1 fully saturated rings. The zero-order chi connectivity index (χ0) is 14.5. The minimum absolute atomic E-state index is 0.0964. The predicted molar refractivity (Wildman–Crippen MR) is 77.8 cm³/mol. The summed E-state index contributed by atoms with van der Waals surface area (Å²) in [4.78, 5) is 25.3. The Morgan fingerprint density at radius 3 is 2.75 bits per heavy atom. The van der Waals surface area contributed by atoms with Crippen LogP contribution < -0.4 is 15.8 Å². The van der Waals surface area contributed by atoms with Crippen molar-refractivity contribution in [3.8, 4) is 0 Å². The second-order valence-corrected chi connectivity index (χ2v) is 5.25. The maximum atomic E-state index is 11.6. The molecule has 1 amide bonds. The number of carbonyl (C=O) groups excluding carboxylic acids is 1. The molecule has 1 aliphatic rings. The van der Waals surface area contributed by atoms with Crippen molar-refractivity contribution in [3.05, 3.63) is 22.6 Å². The summed E-state index contributed by atoms with van der Waals surface area (Å²) < 4.78 is 1.32. The molecule has 2 rings (SSSR count). The summed E-state index contributed by atoms with van der Waals surface area (Å²) in [7, 11) is 1.64. The van der Waals surface area contributed by atoms with Gasteiger partial charge in [0, 0.05) is 38.7 Å². The van der Waals surface area contributed by atoms with Crippen LogP contribution in [-0.4, -0.2) is 34.8 Å². The van der Waals surface area contributed by atoms with Crippen molar-refractivity contribution in [1.82, 2.24) is 15.1 Å². The van der Waals surface area contributed by atoms with E-state index in [1.165, 1.54) is 4.68 Å². The topological polar surface area (TPSA) is 67.2 Å². The highest BCUT2D eigenvalue weighted by Crippen LogP contribution is 2.17. The van der Waals surface area contributed by atoms with Gasteiger partial charge in [-0.25, -0.2) is 4.68 Å². The standard InChI is InChI=1S/C14H22N4O2/c1-3-4-13(19)16-11-5-7-18(8-6-11)12-9-14(20)17(2)15-10-12/h9-11H,3-8H2,1-2H3,(H,16,19). The van der Waals surface area contributed by atoms with Crippen LogP contribution in [-0.2, 0) is 11.8 Å². The molecule has 0 saturated carbocycles. The Balaban J connectivity index is 1.89. The van der Waals surface area contributed by atoms with Gasteiger partial charge in [-0.2, -0.15) is 5.10 Å². The van der Waals surface area contributed by atoms with E-state index in [0.717, 1.165) is 38.0 Å². The molecular formula is C14H22N4O2. The van der Waals surface area contributed by atoms with E-state index in [0.29, 0.717) is 6.42 Å². The molecule has 1 aromatic heterocycles. The third-order valence-corrected chi connectivity index (χ3v) is 3.66. The van der Waals surface area contributed by atoms with Gasteiger partial charge in [0.2, 0.25) is 5.91 Å². The number of hydrogen-bond acceptors (Lipinski definition) is 4. The monoisotopic (exact) mass is 278 g/mol. The van der Waals surface area contributed by atoms with Gasteiger partial charge in [-0.1, -0.05) is 6.92 Å². The second kappa shape index (κ2) is 6.54. The molecule has 1 N–H and O–H groups in total. The average molecular weight is 278 g/mol. The van der Waals surface area contributed by atoms with Crippen LogP contribution in [0.1, 0.15) is 32.6 Å². The molecule has 1 saturated heterocycles. The van der Waals surface area contributed by atoms with Gasteiger partial charge in [-0.15, -0.1) is 0 Å². The normalized spacial score (nSPS) is 16.2. The molecule has 0 atom stereocenters. The van der Waals surface area contributed by atoms with Crippen LogP contribution in [0, 0.1) is 0 Å². The van der Waals surface area contributed by atoms with Crippen LogP contribution in [0.15, 0.2) is 17.1 Å². The van der Waals surface area contributed by atoms with Crippen LogP contribution in [0.4, 0.5) is 5.69 Å². The van der Waals surface area contributed by atoms with Gasteiger partial charge in [0.25, 0.3) is 5.56 Å². The summed E-state index contributed by atoms with van der Waals surface area (Å²) in [5.41, 5.74) is 0.771. The summed E-state index contributed by atoms with van der Waals surface area (Å²) in [6, 6.07) is 1.87. The molecule has 6 heteroatoms. The van der Waals surface area contributed by atoms with E-state index in [-0.39, 0.29) is 17.5 Å². The van der Waals surface area contributed by atoms with Crippen LogP contribution >= 0.6 is 0 Å². The van der Waals surface area contributed by atoms with E-state index >= 15 is 0 Å². The van der Waals surface area contributed by atoms with Crippen molar-refractivity contribution in [3.63, 3.8) is 0 Å². The summed E-state index contributed by atoms with van der Waals surface area (Å²) in [5.74, 6) is 0.140. The fraction of sp³-hybridized carbons (Fsp3) is 0.643. The Kier molecular flexibility index (Phi) is 4.76. The molecule has 0 unspecified atom stereocenters. The number of aryl methyl sites for hydroxylation is 1. The summed E-state index contributed by atoms with van der Waals surface area (Å²) >= 11 is 0. The zero-order valence-electron chi connectivity index (χ0n) is 12.1. The second-order valence-electron chi connectivity index (χ2n) is 5.25. The van der Waals surface area contributed by atoms with Crippen molar-refractivity contribution in [2.45, 2.75) is 38.6 Å². The zero-order valence-corrected chi connectivity index (χ0v) is 12.1. The average Bonchev–Trinajstić information content (AvgIpc) is 2.43. The number of piperidine rings is 1. The lowest BCUT2D eigenvalue weighted by atomic mass is 10.0. The first-order valence-corrected chi connectivity index (χ1v) is 7.18. The van der Waals surface area contributed by atoms with Gasteiger partial charge >= 0.3 is 0 Å². The quantitative estimate of drug-likeness (QED) is 0.879. The molecule has 1 aromatic rings. The Morgan fingerprint density at radius 2 is 2.15 bits per heavy atom. The maximum absolute atomic E-state index is 11.6. The Hall–Kier alpha value is -1.85. The van der Waals surface area contributed by atoms with Gasteiger partial charge in [0.15, 0.2) is 0 Å². The van der Waals surface area contributed by atoms with E-state index in [9.17, 15) is 9.59 Å². The molecule has 110 valence electrons. The lowest BCUT2D eigenvalue weighted by Crippen LogP contribution is -2.45. The van der Waals surface area contributed by atoms with Gasteiger partial charge in [-0.05, 0) is 19.3 Å². The first-order valence-electron chi connectivity index (χ1n) is 7.18. The number of rotatable bonds is 4. The third-order valence-electron chi connectivity index (χ3n) is 3.66. The van der Waals surface area contributed by atoms with Gasteiger partial charge < -0.3 is 10.2 Å². The van der Waals surface area contributed by atoms with Crippen LogP contribution in [0.3, 0.4) is 0 Å². The molecule has 2 heterocycles. The first-order chi connectivity index (χ1) is 9.60. The predicted octanol–water partition coefficient (Wildman–Crippen LogP) is 0.665. The van der Waals surface area contributed by atoms with Crippen LogP contribution in [0.2, 0.25) is 0 Å². The van der Waals surface area contributed by atoms with E-state index < -0.39 is 0 Å². The third kappa shape index (κ3) is 3.59. The molecule has 1 aliphatic heterocycles. The minimum atomic E-state index is -0.0964. The van der Waals surface area contributed by atoms with Gasteiger partial charge in [0.05, 0.1) is 11.9 Å². The van der Waals surface area contributed by atoms with E-state index in [1.807, 2.05) is 6.92 Å². The molecule has 0 aliphatic carbocycles. The van der Waals surface area contributed by atoms with Crippen molar-refractivity contribution >= 4 is 11.6 Å². The van der Waals surface area contributed by atoms with Crippen molar-refractivity contribution in [1.29, 1.82) is 0 Å². The largest absolute Gasteiger partial charge is 0.370 e. The van der Waals surface area contributed by atoms with Crippen LogP contribution in [0.5, 0.6) is 0 Å². The highest BCUT2D eigenvalue weighted by atomic mass is 16.1. The number of nitrogens with one attached hydrogen (secondary N) is 1. The lowest BCUT2D eigenvalue weighted by molar-refractivity contribution is -0.121. The number of anilines is 1. The van der Waals surface area contributed by atoms with Gasteiger partial charge in [-0.3, -0.25) is 9.59 Å². The number of aromatic nitrogens is 2. The number of nitrogens with zero attached hydrogens (tertiary/aromatic N) is 3. The van der Waals surface area contributed by atoms with E-state index in [2.05, 4.69) is 15.3 Å². The molecule has 0 spiro atoms. The minimum Gasteiger partial charge on any atom is -0.370 e. The Labute approximate surface area is 118 Å². The Morgan fingerprint density at radius 1 is 1.45 bits per heavy atom. The number of carbonyl (C=O) groups is 1. The van der Waals surface area contributed by atoms with E-state index in [4.69, 9.17) is 0 Å². The smallest absolute Gasteiger partial charge is 0.268 e. The highest BCUT2D eigenvalue weighted by Gasteiger charge is 2.21. The fourth-order valence-electron chi connectivity index (χ4n) is 2.44. The molecule has 6 nitrogen and oxygen atoms in total. The van der Waals surface area contributed by atoms with E-state index in [1.54, 1.807) is 19.3 Å². The number of amides is 1. The Bertz CT molecular complexity index is 518. The van der Waals surface area contributed by atoms with Gasteiger partial charge in [0.1, 0.15) is 0 Å². The summed E-state index contributed by atoms with van der Waals surface area (Å²) in [5, 5.41) is 7.10. The molecule has 0 bridgehead atoms. The molecular weight excluding hydrogens is 256 g/mol. The number of hydrogen-bond donors (Lipinski definition) is 1.